The van der Waals surface area contributed by atoms with Crippen molar-refractivity contribution in [3.05, 3.63) is 71.3 Å². The van der Waals surface area contributed by atoms with Crippen LogP contribution in [0.15, 0.2) is 64.8 Å². The number of amidine groups is 1. The second-order valence-corrected chi connectivity index (χ2v) is 9.86. The Labute approximate surface area is 197 Å². The molecule has 170 valence electrons. The molecule has 2 aromatic carbocycles. The van der Waals surface area contributed by atoms with Crippen molar-refractivity contribution in [2.24, 2.45) is 10.2 Å². The van der Waals surface area contributed by atoms with Crippen LogP contribution in [0.3, 0.4) is 0 Å². The van der Waals surface area contributed by atoms with Crippen molar-refractivity contribution in [1.29, 1.82) is 0 Å². The van der Waals surface area contributed by atoms with E-state index in [4.69, 9.17) is 5.11 Å². The lowest BCUT2D eigenvalue weighted by molar-refractivity contribution is -0.138. The van der Waals surface area contributed by atoms with E-state index in [2.05, 4.69) is 83.7 Å². The number of carbonyl (C=O) groups is 2. The maximum atomic E-state index is 11.8. The summed E-state index contributed by atoms with van der Waals surface area (Å²) in [5, 5.41) is 19.3. The van der Waals surface area contributed by atoms with Crippen molar-refractivity contribution in [3.63, 3.8) is 0 Å². The lowest BCUT2D eigenvalue weighted by Crippen LogP contribution is -2.44. The van der Waals surface area contributed by atoms with Gasteiger partial charge in [0, 0.05) is 17.8 Å². The number of anilines is 1. The molecule has 1 fully saturated rings. The van der Waals surface area contributed by atoms with E-state index in [0.717, 1.165) is 29.4 Å². The maximum absolute atomic E-state index is 11.8. The number of fused-ring (bicyclic) bond motifs is 1. The number of carbonyl (C=O) groups excluding carboxylic acids is 1. The van der Waals surface area contributed by atoms with Crippen LogP contribution in [-0.4, -0.2) is 39.2 Å². The molecule has 33 heavy (non-hydrogen) atoms. The fraction of sp³-hybridized carbons (Fsp3) is 0.280. The predicted molar refractivity (Wildman–Crippen MR) is 134 cm³/mol. The predicted octanol–water partition coefficient (Wildman–Crippen LogP) is 4.28. The molecule has 2 aliphatic heterocycles. The molecular weight excluding hydrogens is 436 g/mol. The molecule has 0 bridgehead atoms. The topological polar surface area (TPSA) is 94.4 Å². The highest BCUT2D eigenvalue weighted by atomic mass is 32.2. The average molecular weight is 463 g/mol. The summed E-state index contributed by atoms with van der Waals surface area (Å²) in [6.45, 7) is 7.37. The number of nitrogens with zero attached hydrogens (tertiary/aromatic N) is 3. The van der Waals surface area contributed by atoms with E-state index < -0.39 is 11.2 Å². The molecule has 2 aromatic rings. The Kier molecular flexibility index (Phi) is 6.37. The van der Waals surface area contributed by atoms with Crippen LogP contribution in [0.25, 0.3) is 5.57 Å². The van der Waals surface area contributed by atoms with Crippen molar-refractivity contribution in [3.8, 4) is 0 Å². The Hall–Kier alpha value is -3.39. The standard InChI is InChI=1S/C25H26N4O3S/c1-16-13-25(2,3)29(15-17-7-5-4-6-8-17)20-10-9-18(11-19(16)20)14-26-28-24-27-23(32)21(33-24)12-22(30)31/h4-11,13-14,21H,12,15H2,1-3H3,(H,30,31)(H,27,28,32). The van der Waals surface area contributed by atoms with Crippen LogP contribution < -0.4 is 10.2 Å². The Bertz CT molecular complexity index is 1170. The molecule has 0 saturated carbocycles. The Balaban J connectivity index is 1.54. The van der Waals surface area contributed by atoms with Crippen molar-refractivity contribution < 1.29 is 14.7 Å². The summed E-state index contributed by atoms with van der Waals surface area (Å²) in [7, 11) is 0. The van der Waals surface area contributed by atoms with Gasteiger partial charge in [-0.25, -0.2) is 0 Å². The summed E-state index contributed by atoms with van der Waals surface area (Å²) in [6, 6.07) is 16.6. The first-order valence-electron chi connectivity index (χ1n) is 10.7. The molecule has 7 nitrogen and oxygen atoms in total. The Morgan fingerprint density at radius 2 is 2.00 bits per heavy atom. The van der Waals surface area contributed by atoms with E-state index in [1.807, 2.05) is 12.1 Å². The summed E-state index contributed by atoms with van der Waals surface area (Å²) in [5.41, 5.74) is 5.54. The zero-order valence-electron chi connectivity index (χ0n) is 18.8. The molecule has 0 spiro atoms. The molecule has 2 heterocycles. The van der Waals surface area contributed by atoms with Crippen molar-refractivity contribution >= 4 is 46.3 Å². The van der Waals surface area contributed by atoms with Gasteiger partial charge in [0.15, 0.2) is 5.17 Å². The first-order valence-corrected chi connectivity index (χ1v) is 11.6. The maximum Gasteiger partial charge on any atom is 0.305 e. The summed E-state index contributed by atoms with van der Waals surface area (Å²) >= 11 is 1.09. The first-order chi connectivity index (χ1) is 15.7. The SMILES string of the molecule is CC1=CC(C)(C)N(Cc2ccccc2)c2ccc(C=NN=C3NC(=O)C(CC(=O)O)S3)cc21. The number of hydrogen-bond donors (Lipinski definition) is 2. The van der Waals surface area contributed by atoms with E-state index in [9.17, 15) is 9.59 Å². The van der Waals surface area contributed by atoms with Gasteiger partial charge in [0.2, 0.25) is 5.91 Å². The molecule has 1 unspecified atom stereocenters. The smallest absolute Gasteiger partial charge is 0.305 e. The average Bonchev–Trinajstić information content (AvgIpc) is 3.10. The third-order valence-electron chi connectivity index (χ3n) is 5.68. The van der Waals surface area contributed by atoms with Crippen LogP contribution >= 0.6 is 11.8 Å². The van der Waals surface area contributed by atoms with Crippen LogP contribution in [0.4, 0.5) is 5.69 Å². The number of nitrogens with one attached hydrogen (secondary N) is 1. The van der Waals surface area contributed by atoms with Gasteiger partial charge in [-0.3, -0.25) is 9.59 Å². The summed E-state index contributed by atoms with van der Waals surface area (Å²) in [4.78, 5) is 25.1. The van der Waals surface area contributed by atoms with Gasteiger partial charge in [0.05, 0.1) is 18.2 Å². The molecule has 8 heteroatoms. The number of thioether (sulfide) groups is 1. The third kappa shape index (κ3) is 5.17. The molecular formula is C25H26N4O3S. The van der Waals surface area contributed by atoms with Gasteiger partial charge in [0.1, 0.15) is 5.25 Å². The highest BCUT2D eigenvalue weighted by Crippen LogP contribution is 2.40. The van der Waals surface area contributed by atoms with Crippen molar-refractivity contribution in [2.45, 2.75) is 44.5 Å². The number of rotatable bonds is 6. The lowest BCUT2D eigenvalue weighted by Gasteiger charge is -2.43. The van der Waals surface area contributed by atoms with Crippen LogP contribution in [-0.2, 0) is 16.1 Å². The van der Waals surface area contributed by atoms with Gasteiger partial charge < -0.3 is 15.3 Å². The molecule has 1 atom stereocenters. The summed E-state index contributed by atoms with van der Waals surface area (Å²) in [5.74, 6) is -1.37. The fourth-order valence-electron chi connectivity index (χ4n) is 4.13. The number of allylic oxidation sites excluding steroid dienone is 1. The minimum Gasteiger partial charge on any atom is -0.481 e. The van der Waals surface area contributed by atoms with Crippen LogP contribution in [0.1, 0.15) is 43.9 Å². The van der Waals surface area contributed by atoms with Gasteiger partial charge in [-0.2, -0.15) is 5.10 Å². The molecule has 2 N–H and O–H groups in total. The van der Waals surface area contributed by atoms with Gasteiger partial charge in [-0.1, -0.05) is 54.2 Å². The number of hydrogen-bond acceptors (Lipinski definition) is 6. The van der Waals surface area contributed by atoms with E-state index in [1.165, 1.54) is 16.8 Å². The minimum atomic E-state index is -1.02. The monoisotopic (exact) mass is 462 g/mol. The van der Waals surface area contributed by atoms with Crippen LogP contribution in [0, 0.1) is 0 Å². The van der Waals surface area contributed by atoms with Crippen molar-refractivity contribution in [2.75, 3.05) is 4.90 Å². The van der Waals surface area contributed by atoms with E-state index in [0.29, 0.717) is 5.17 Å². The minimum absolute atomic E-state index is 0.126. The number of carboxylic acids is 1. The summed E-state index contributed by atoms with van der Waals surface area (Å²) in [6.07, 6.45) is 3.68. The molecule has 0 aromatic heterocycles. The highest BCUT2D eigenvalue weighted by Gasteiger charge is 2.32. The van der Waals surface area contributed by atoms with Crippen LogP contribution in [0.5, 0.6) is 0 Å². The van der Waals surface area contributed by atoms with Gasteiger partial charge in [0.25, 0.3) is 0 Å². The lowest BCUT2D eigenvalue weighted by atomic mass is 9.87. The molecule has 0 radical (unpaired) electrons. The molecule has 0 aliphatic carbocycles. The highest BCUT2D eigenvalue weighted by molar-refractivity contribution is 8.15. The molecule has 1 saturated heterocycles. The first kappa shape index (κ1) is 22.8. The number of amides is 1. The number of benzene rings is 2. The van der Waals surface area contributed by atoms with Gasteiger partial charge in [-0.15, -0.1) is 5.10 Å². The normalized spacial score (nSPS) is 20.6. The molecule has 2 aliphatic rings. The van der Waals surface area contributed by atoms with E-state index >= 15 is 0 Å². The number of aliphatic carboxylic acids is 1. The third-order valence-corrected chi connectivity index (χ3v) is 6.75. The molecule has 4 rings (SSSR count). The zero-order valence-corrected chi connectivity index (χ0v) is 19.6. The fourth-order valence-corrected chi connectivity index (χ4v) is 5.04. The second-order valence-electron chi connectivity index (χ2n) is 8.67. The quantitative estimate of drug-likeness (QED) is 0.493. The van der Waals surface area contributed by atoms with E-state index in [1.54, 1.807) is 6.21 Å². The summed E-state index contributed by atoms with van der Waals surface area (Å²) < 4.78 is 0. The Morgan fingerprint density at radius 3 is 2.73 bits per heavy atom. The Morgan fingerprint density at radius 1 is 1.24 bits per heavy atom. The van der Waals surface area contributed by atoms with E-state index in [-0.39, 0.29) is 17.9 Å². The largest absolute Gasteiger partial charge is 0.481 e. The zero-order chi connectivity index (χ0) is 23.6. The van der Waals surface area contributed by atoms with Gasteiger partial charge in [-0.05, 0) is 49.6 Å². The molecule has 1 amide bonds. The van der Waals surface area contributed by atoms with Crippen LogP contribution in [0.2, 0.25) is 0 Å². The van der Waals surface area contributed by atoms with Gasteiger partial charge >= 0.3 is 5.97 Å². The van der Waals surface area contributed by atoms with Crippen molar-refractivity contribution in [1.82, 2.24) is 5.32 Å². The number of carboxylic acid groups (broad SMARTS) is 1. The second kappa shape index (κ2) is 9.23.